The number of hydrogen-bond donors (Lipinski definition) is 2. The summed E-state index contributed by atoms with van der Waals surface area (Å²) in [5, 5.41) is 2.80. The summed E-state index contributed by atoms with van der Waals surface area (Å²) in [6.07, 6.45) is 1.60. The maximum atomic E-state index is 5.63. The quantitative estimate of drug-likeness (QED) is 0.553. The molecule has 3 aromatic rings. The van der Waals surface area contributed by atoms with Crippen molar-refractivity contribution in [3.05, 3.63) is 35.6 Å². The zero-order valence-electron chi connectivity index (χ0n) is 9.29. The molecule has 3 N–H and O–H groups in total. The fourth-order valence-corrected chi connectivity index (χ4v) is 2.29. The Bertz CT molecular complexity index is 650. The minimum absolute atomic E-state index is 0.318. The van der Waals surface area contributed by atoms with Gasteiger partial charge in [-0.3, -0.25) is 5.43 Å². The number of fused-ring (bicyclic) bond motifs is 1. The monoisotopic (exact) mass is 262 g/mol. The zero-order valence-corrected chi connectivity index (χ0v) is 10.1. The van der Waals surface area contributed by atoms with Crippen molar-refractivity contribution in [2.45, 2.75) is 6.61 Å². The molecule has 0 aliphatic carbocycles. The molecule has 0 aliphatic rings. The molecule has 0 fully saturated rings. The molecule has 18 heavy (non-hydrogen) atoms. The summed E-state index contributed by atoms with van der Waals surface area (Å²) >= 11 is 1.50. The number of thiophene rings is 1. The number of nitrogens with one attached hydrogen (secondary N) is 1. The van der Waals surface area contributed by atoms with Gasteiger partial charge >= 0.3 is 0 Å². The Balaban J connectivity index is 1.92. The third kappa shape index (κ3) is 2.01. The number of anilines is 1. The molecule has 3 heterocycles. The molecule has 0 saturated heterocycles. The van der Waals surface area contributed by atoms with E-state index in [-0.39, 0.29) is 0 Å². The van der Waals surface area contributed by atoms with Gasteiger partial charge in [-0.25, -0.2) is 10.8 Å². The second kappa shape index (κ2) is 4.63. The van der Waals surface area contributed by atoms with E-state index < -0.39 is 0 Å². The van der Waals surface area contributed by atoms with Gasteiger partial charge in [-0.2, -0.15) is 4.98 Å². The maximum absolute atomic E-state index is 5.63. The Kier molecular flexibility index (Phi) is 2.83. The lowest BCUT2D eigenvalue weighted by Crippen LogP contribution is -2.11. The molecule has 6 nitrogen and oxygen atoms in total. The lowest BCUT2D eigenvalue weighted by molar-refractivity contribution is 0.264. The van der Waals surface area contributed by atoms with E-state index in [1.165, 1.54) is 11.3 Å². The van der Waals surface area contributed by atoms with Gasteiger partial charge in [-0.05, 0) is 23.6 Å². The molecule has 0 saturated carbocycles. The minimum atomic E-state index is 0.318. The van der Waals surface area contributed by atoms with Crippen LogP contribution in [0.3, 0.4) is 0 Å². The van der Waals surface area contributed by atoms with Crippen molar-refractivity contribution < 1.29 is 9.15 Å². The first-order valence-corrected chi connectivity index (χ1v) is 6.12. The first-order valence-electron chi connectivity index (χ1n) is 5.24. The SMILES string of the molecule is NNc1nc(OCc2ccco2)c2ccsc2n1. The van der Waals surface area contributed by atoms with E-state index in [9.17, 15) is 0 Å². The van der Waals surface area contributed by atoms with Crippen LogP contribution in [-0.4, -0.2) is 9.97 Å². The summed E-state index contributed by atoms with van der Waals surface area (Å²) in [6.45, 7) is 0.318. The predicted octanol–water partition coefficient (Wildman–Crippen LogP) is 2.15. The van der Waals surface area contributed by atoms with Gasteiger partial charge < -0.3 is 9.15 Å². The van der Waals surface area contributed by atoms with E-state index >= 15 is 0 Å². The average molecular weight is 262 g/mol. The topological polar surface area (TPSA) is 86.2 Å². The Morgan fingerprint density at radius 2 is 2.33 bits per heavy atom. The highest BCUT2D eigenvalue weighted by molar-refractivity contribution is 7.16. The highest BCUT2D eigenvalue weighted by atomic mass is 32.1. The van der Waals surface area contributed by atoms with Gasteiger partial charge in [0.15, 0.2) is 0 Å². The number of hydrogen-bond acceptors (Lipinski definition) is 7. The van der Waals surface area contributed by atoms with Crippen LogP contribution in [0.1, 0.15) is 5.76 Å². The number of rotatable bonds is 4. The van der Waals surface area contributed by atoms with Crippen LogP contribution in [-0.2, 0) is 6.61 Å². The first kappa shape index (κ1) is 11.0. The lowest BCUT2D eigenvalue weighted by atomic mass is 10.4. The fraction of sp³-hybridized carbons (Fsp3) is 0.0909. The molecular weight excluding hydrogens is 252 g/mol. The van der Waals surface area contributed by atoms with Crippen molar-refractivity contribution in [1.29, 1.82) is 0 Å². The Morgan fingerprint density at radius 3 is 3.11 bits per heavy atom. The van der Waals surface area contributed by atoms with Gasteiger partial charge in [-0.15, -0.1) is 11.3 Å². The maximum Gasteiger partial charge on any atom is 0.241 e. The van der Waals surface area contributed by atoms with Crippen LogP contribution >= 0.6 is 11.3 Å². The number of ether oxygens (including phenoxy) is 1. The Hall–Kier alpha value is -2.12. The summed E-state index contributed by atoms with van der Waals surface area (Å²) in [4.78, 5) is 9.24. The number of nitrogens with two attached hydrogens (primary N) is 1. The second-order valence-corrected chi connectivity index (χ2v) is 4.40. The van der Waals surface area contributed by atoms with E-state index in [0.29, 0.717) is 18.4 Å². The van der Waals surface area contributed by atoms with Gasteiger partial charge in [0.1, 0.15) is 17.2 Å². The first-order chi connectivity index (χ1) is 8.86. The van der Waals surface area contributed by atoms with Gasteiger partial charge in [0.05, 0.1) is 11.6 Å². The molecular formula is C11H10N4O2S. The van der Waals surface area contributed by atoms with Crippen LogP contribution in [0.25, 0.3) is 10.2 Å². The third-order valence-corrected chi connectivity index (χ3v) is 3.16. The van der Waals surface area contributed by atoms with E-state index in [4.69, 9.17) is 15.0 Å². The van der Waals surface area contributed by atoms with Crippen molar-refractivity contribution in [2.75, 3.05) is 5.43 Å². The van der Waals surface area contributed by atoms with Crippen molar-refractivity contribution in [3.8, 4) is 5.88 Å². The molecule has 7 heteroatoms. The summed E-state index contributed by atoms with van der Waals surface area (Å²) in [7, 11) is 0. The third-order valence-electron chi connectivity index (χ3n) is 2.35. The second-order valence-electron chi connectivity index (χ2n) is 3.50. The normalized spacial score (nSPS) is 10.7. The van der Waals surface area contributed by atoms with E-state index in [1.807, 2.05) is 23.6 Å². The molecule has 0 radical (unpaired) electrons. The van der Waals surface area contributed by atoms with Gasteiger partial charge in [0.25, 0.3) is 0 Å². The van der Waals surface area contributed by atoms with Gasteiger partial charge in [0.2, 0.25) is 11.8 Å². The fourth-order valence-electron chi connectivity index (χ4n) is 1.54. The lowest BCUT2D eigenvalue weighted by Gasteiger charge is -2.06. The number of aromatic nitrogens is 2. The van der Waals surface area contributed by atoms with E-state index in [1.54, 1.807) is 6.26 Å². The molecule has 0 amide bonds. The smallest absolute Gasteiger partial charge is 0.241 e. The van der Waals surface area contributed by atoms with Gasteiger partial charge in [-0.1, -0.05) is 0 Å². The number of hydrazine groups is 1. The molecule has 92 valence electrons. The zero-order chi connectivity index (χ0) is 12.4. The van der Waals surface area contributed by atoms with Crippen molar-refractivity contribution in [2.24, 2.45) is 5.84 Å². The van der Waals surface area contributed by atoms with Gasteiger partial charge in [0, 0.05) is 0 Å². The Morgan fingerprint density at radius 1 is 1.39 bits per heavy atom. The molecule has 0 spiro atoms. The van der Waals surface area contributed by atoms with Crippen molar-refractivity contribution in [3.63, 3.8) is 0 Å². The minimum Gasteiger partial charge on any atom is -0.469 e. The Labute approximate surface area is 106 Å². The van der Waals surface area contributed by atoms with E-state index in [2.05, 4.69) is 15.4 Å². The highest BCUT2D eigenvalue weighted by Gasteiger charge is 2.10. The standard InChI is InChI=1S/C11H10N4O2S/c12-15-11-13-9(8-3-5-18-10(8)14-11)17-6-7-2-1-4-16-7/h1-5H,6,12H2,(H,13,14,15). The van der Waals surface area contributed by atoms with Crippen LogP contribution < -0.4 is 16.0 Å². The highest BCUT2D eigenvalue weighted by Crippen LogP contribution is 2.28. The molecule has 0 atom stereocenters. The van der Waals surface area contributed by atoms with Crippen LogP contribution in [0.5, 0.6) is 5.88 Å². The summed E-state index contributed by atoms with van der Waals surface area (Å²) in [6, 6.07) is 5.57. The number of nitrogens with zero attached hydrogens (tertiary/aromatic N) is 2. The molecule has 3 aromatic heterocycles. The average Bonchev–Trinajstić information content (AvgIpc) is 3.06. The molecule has 0 aliphatic heterocycles. The van der Waals surface area contributed by atoms with Crippen LogP contribution in [0.4, 0.5) is 5.95 Å². The van der Waals surface area contributed by atoms with Crippen LogP contribution in [0.2, 0.25) is 0 Å². The summed E-state index contributed by atoms with van der Waals surface area (Å²) in [5.74, 6) is 6.88. The summed E-state index contributed by atoms with van der Waals surface area (Å²) < 4.78 is 10.8. The largest absolute Gasteiger partial charge is 0.469 e. The molecule has 0 bridgehead atoms. The molecule has 0 unspecified atom stereocenters. The molecule has 0 aromatic carbocycles. The number of nitrogen functional groups attached to an aromatic ring is 1. The van der Waals surface area contributed by atoms with Crippen LogP contribution in [0, 0.1) is 0 Å². The molecule has 3 rings (SSSR count). The van der Waals surface area contributed by atoms with E-state index in [0.717, 1.165) is 16.0 Å². The van der Waals surface area contributed by atoms with Crippen molar-refractivity contribution >= 4 is 27.5 Å². The van der Waals surface area contributed by atoms with Crippen molar-refractivity contribution in [1.82, 2.24) is 9.97 Å². The van der Waals surface area contributed by atoms with Crippen LogP contribution in [0.15, 0.2) is 34.3 Å². The number of furan rings is 1. The summed E-state index contributed by atoms with van der Waals surface area (Å²) in [5.41, 5.74) is 2.42. The predicted molar refractivity (Wildman–Crippen MR) is 68.3 cm³/mol.